The van der Waals surface area contributed by atoms with Crippen molar-refractivity contribution >= 4 is 11.6 Å². The fraction of sp³-hybridized carbons (Fsp3) is 0.562. The van der Waals surface area contributed by atoms with Crippen LogP contribution in [0.2, 0.25) is 0 Å². The molecule has 1 fully saturated rings. The summed E-state index contributed by atoms with van der Waals surface area (Å²) < 4.78 is 4.99. The van der Waals surface area contributed by atoms with Crippen LogP contribution in [0, 0.1) is 0 Å². The van der Waals surface area contributed by atoms with Crippen molar-refractivity contribution in [1.29, 1.82) is 0 Å². The first-order valence-electron chi connectivity index (χ1n) is 7.48. The van der Waals surface area contributed by atoms with Crippen LogP contribution in [0.5, 0.6) is 0 Å². The minimum atomic E-state index is 0.102. The molecule has 0 bridgehead atoms. The molecule has 5 heteroatoms. The van der Waals surface area contributed by atoms with Crippen molar-refractivity contribution in [2.45, 2.75) is 25.4 Å². The minimum Gasteiger partial charge on any atom is -0.383 e. The van der Waals surface area contributed by atoms with Gasteiger partial charge in [0.15, 0.2) is 0 Å². The van der Waals surface area contributed by atoms with Gasteiger partial charge >= 0.3 is 0 Å². The zero-order valence-corrected chi connectivity index (χ0v) is 12.9. The van der Waals surface area contributed by atoms with E-state index in [4.69, 9.17) is 4.74 Å². The van der Waals surface area contributed by atoms with E-state index in [9.17, 15) is 4.79 Å². The van der Waals surface area contributed by atoms with Crippen LogP contribution < -0.4 is 15.5 Å². The van der Waals surface area contributed by atoms with E-state index in [1.54, 1.807) is 7.11 Å². The van der Waals surface area contributed by atoms with Crippen molar-refractivity contribution in [2.24, 2.45) is 0 Å². The summed E-state index contributed by atoms with van der Waals surface area (Å²) in [6.07, 6.45) is 2.25. The third-order valence-corrected chi connectivity index (χ3v) is 3.51. The predicted octanol–water partition coefficient (Wildman–Crippen LogP) is 1.14. The number of rotatable bonds is 9. The molecule has 0 spiro atoms. The number of ether oxygens (including phenoxy) is 1. The molecule has 2 N–H and O–H groups in total. The lowest BCUT2D eigenvalue weighted by atomic mass is 10.2. The molecule has 1 aliphatic carbocycles. The Balaban J connectivity index is 1.75. The highest BCUT2D eigenvalue weighted by molar-refractivity contribution is 5.81. The summed E-state index contributed by atoms with van der Waals surface area (Å²) in [4.78, 5) is 13.7. The summed E-state index contributed by atoms with van der Waals surface area (Å²) >= 11 is 0. The van der Waals surface area contributed by atoms with Gasteiger partial charge < -0.3 is 20.3 Å². The number of nitrogens with one attached hydrogen (secondary N) is 2. The van der Waals surface area contributed by atoms with E-state index in [2.05, 4.69) is 34.9 Å². The highest BCUT2D eigenvalue weighted by Gasteiger charge is 2.23. The monoisotopic (exact) mass is 291 g/mol. The second-order valence-electron chi connectivity index (χ2n) is 5.53. The second-order valence-corrected chi connectivity index (χ2v) is 5.53. The maximum absolute atomic E-state index is 11.8. The number of nitrogens with zero attached hydrogens (tertiary/aromatic N) is 1. The van der Waals surface area contributed by atoms with Crippen LogP contribution in [0.3, 0.4) is 0 Å². The van der Waals surface area contributed by atoms with E-state index >= 15 is 0 Å². The van der Waals surface area contributed by atoms with E-state index in [1.165, 1.54) is 5.56 Å². The first kappa shape index (κ1) is 15.8. The first-order chi connectivity index (χ1) is 10.2. The highest BCUT2D eigenvalue weighted by atomic mass is 16.5. The molecule has 21 heavy (non-hydrogen) atoms. The molecule has 2 rings (SSSR count). The maximum Gasteiger partial charge on any atom is 0.239 e. The molecule has 0 aromatic heterocycles. The van der Waals surface area contributed by atoms with Gasteiger partial charge in [-0.05, 0) is 30.5 Å². The molecular formula is C16H25N3O2. The lowest BCUT2D eigenvalue weighted by Gasteiger charge is -2.19. The van der Waals surface area contributed by atoms with E-state index in [-0.39, 0.29) is 5.91 Å². The van der Waals surface area contributed by atoms with Gasteiger partial charge in [-0.3, -0.25) is 4.79 Å². The summed E-state index contributed by atoms with van der Waals surface area (Å²) in [6, 6.07) is 8.70. The summed E-state index contributed by atoms with van der Waals surface area (Å²) in [5, 5.41) is 6.31. The Morgan fingerprint density at radius 2 is 2.05 bits per heavy atom. The molecule has 1 aromatic rings. The average molecular weight is 291 g/mol. The molecule has 5 nitrogen and oxygen atoms in total. The Bertz CT molecular complexity index is 443. The molecular weight excluding hydrogens is 266 g/mol. The summed E-state index contributed by atoms with van der Waals surface area (Å²) in [5.74, 6) is 0.102. The Labute approximate surface area is 126 Å². The molecule has 116 valence electrons. The molecule has 0 heterocycles. The Morgan fingerprint density at radius 1 is 1.33 bits per heavy atom. The van der Waals surface area contributed by atoms with Crippen LogP contribution in [-0.4, -0.2) is 45.8 Å². The summed E-state index contributed by atoms with van der Waals surface area (Å²) in [6.45, 7) is 2.80. The second kappa shape index (κ2) is 8.00. The summed E-state index contributed by atoms with van der Waals surface area (Å²) in [7, 11) is 3.64. The normalized spacial score (nSPS) is 14.0. The van der Waals surface area contributed by atoms with Gasteiger partial charge in [0.05, 0.1) is 13.2 Å². The van der Waals surface area contributed by atoms with Crippen LogP contribution in [0.1, 0.15) is 18.4 Å². The van der Waals surface area contributed by atoms with Crippen molar-refractivity contribution < 1.29 is 9.53 Å². The number of methoxy groups -OCH3 is 1. The fourth-order valence-corrected chi connectivity index (χ4v) is 2.08. The molecule has 0 unspecified atom stereocenters. The van der Waals surface area contributed by atoms with E-state index in [0.29, 0.717) is 12.6 Å². The number of amides is 1. The fourth-order valence-electron chi connectivity index (χ4n) is 2.08. The Kier molecular flexibility index (Phi) is 6.02. The number of carbonyl (C=O) groups excluding carboxylic acids is 1. The largest absolute Gasteiger partial charge is 0.383 e. The number of hydrogen-bond acceptors (Lipinski definition) is 4. The third-order valence-electron chi connectivity index (χ3n) is 3.51. The van der Waals surface area contributed by atoms with Gasteiger partial charge in [-0.25, -0.2) is 0 Å². The van der Waals surface area contributed by atoms with Gasteiger partial charge in [-0.15, -0.1) is 0 Å². The minimum absolute atomic E-state index is 0.102. The van der Waals surface area contributed by atoms with Crippen LogP contribution >= 0.6 is 0 Å². The third kappa shape index (κ3) is 5.73. The number of anilines is 1. The molecule has 1 saturated carbocycles. The Morgan fingerprint density at radius 3 is 2.67 bits per heavy atom. The molecule has 0 aliphatic heterocycles. The van der Waals surface area contributed by atoms with Gasteiger partial charge in [0.25, 0.3) is 0 Å². The van der Waals surface area contributed by atoms with Gasteiger partial charge in [-0.1, -0.05) is 12.1 Å². The SMILES string of the molecule is COCCNCc1ccc(N(C)CC(=O)NC2CC2)cc1. The highest BCUT2D eigenvalue weighted by Crippen LogP contribution is 2.19. The zero-order valence-electron chi connectivity index (χ0n) is 12.9. The van der Waals surface area contributed by atoms with Gasteiger partial charge in [0, 0.05) is 39.0 Å². The maximum atomic E-state index is 11.8. The molecule has 0 radical (unpaired) electrons. The van der Waals surface area contributed by atoms with Crippen LogP contribution in [0.4, 0.5) is 5.69 Å². The van der Waals surface area contributed by atoms with Crippen molar-refractivity contribution in [3.8, 4) is 0 Å². The number of carbonyl (C=O) groups is 1. The van der Waals surface area contributed by atoms with Gasteiger partial charge in [-0.2, -0.15) is 0 Å². The smallest absolute Gasteiger partial charge is 0.239 e. The number of likely N-dealkylation sites (N-methyl/N-ethyl adjacent to an activating group) is 1. The van der Waals surface area contributed by atoms with Crippen molar-refractivity contribution in [2.75, 3.05) is 38.8 Å². The quantitative estimate of drug-likeness (QED) is 0.670. The lowest BCUT2D eigenvalue weighted by Crippen LogP contribution is -2.36. The number of benzene rings is 1. The van der Waals surface area contributed by atoms with Crippen LogP contribution in [0.25, 0.3) is 0 Å². The molecule has 0 saturated heterocycles. The van der Waals surface area contributed by atoms with E-state index in [1.807, 2.05) is 11.9 Å². The van der Waals surface area contributed by atoms with E-state index in [0.717, 1.165) is 38.2 Å². The van der Waals surface area contributed by atoms with Crippen LogP contribution in [0.15, 0.2) is 24.3 Å². The first-order valence-corrected chi connectivity index (χ1v) is 7.48. The molecule has 1 amide bonds. The molecule has 1 aromatic carbocycles. The standard InChI is InChI=1S/C16H25N3O2/c1-19(12-16(20)18-14-5-6-14)15-7-3-13(4-8-15)11-17-9-10-21-2/h3-4,7-8,14,17H,5-6,9-12H2,1-2H3,(H,18,20). The van der Waals surface area contributed by atoms with E-state index < -0.39 is 0 Å². The van der Waals surface area contributed by atoms with Crippen molar-refractivity contribution in [3.63, 3.8) is 0 Å². The average Bonchev–Trinajstić information content (AvgIpc) is 3.28. The van der Waals surface area contributed by atoms with Crippen molar-refractivity contribution in [3.05, 3.63) is 29.8 Å². The topological polar surface area (TPSA) is 53.6 Å². The zero-order chi connectivity index (χ0) is 15.1. The van der Waals surface area contributed by atoms with Gasteiger partial charge in [0.2, 0.25) is 5.91 Å². The Hall–Kier alpha value is -1.59. The van der Waals surface area contributed by atoms with Crippen LogP contribution in [-0.2, 0) is 16.1 Å². The lowest BCUT2D eigenvalue weighted by molar-refractivity contribution is -0.119. The number of hydrogen-bond donors (Lipinski definition) is 2. The van der Waals surface area contributed by atoms with Crippen molar-refractivity contribution in [1.82, 2.24) is 10.6 Å². The molecule has 0 atom stereocenters. The summed E-state index contributed by atoms with van der Waals surface area (Å²) in [5.41, 5.74) is 2.28. The predicted molar refractivity (Wildman–Crippen MR) is 84.5 cm³/mol. The van der Waals surface area contributed by atoms with Gasteiger partial charge in [0.1, 0.15) is 0 Å². The molecule has 1 aliphatic rings.